The summed E-state index contributed by atoms with van der Waals surface area (Å²) in [4.78, 5) is 5.61. The maximum Gasteiger partial charge on any atom is 2.00 e. The van der Waals surface area contributed by atoms with E-state index in [1.54, 1.807) is 6.07 Å². The van der Waals surface area contributed by atoms with Crippen molar-refractivity contribution in [3.8, 4) is 11.5 Å². The number of rotatable bonds is 9. The molecule has 1 aliphatic rings. The van der Waals surface area contributed by atoms with Gasteiger partial charge in [-0.3, -0.25) is 0 Å². The van der Waals surface area contributed by atoms with E-state index in [-0.39, 0.29) is 69.1 Å². The van der Waals surface area contributed by atoms with Crippen LogP contribution in [0.4, 0.5) is 11.4 Å². The molecule has 2 rings (SSSR count). The molecule has 1 heterocycles. The SMILES string of the molecule is CCCCOc1cc(N2CCOCC2)c(OCCCC)cc1[N+]#N.[Cl-].[Cl-].[Cl-].[Cl-].[Zn+2]. The standard InChI is InChI=1S/C18H28N3O3.4ClH.Zn/c1-3-5-9-23-17-14-16(21-7-11-22-12-8-21)18(13-15(17)20-19)24-10-6-4-2;;;;;/h13-14H,3-12H2,1-2H3;4*1H;/q+1;;;;;+2/p-4. The van der Waals surface area contributed by atoms with E-state index >= 15 is 0 Å². The number of benzene rings is 1. The molecule has 0 aromatic heterocycles. The molecule has 0 atom stereocenters. The van der Waals surface area contributed by atoms with Crippen LogP contribution in [0.5, 0.6) is 11.5 Å². The Hall–Kier alpha value is -0.217. The number of hydrogen-bond acceptors (Lipinski definition) is 5. The van der Waals surface area contributed by atoms with Crippen LogP contribution in [0.3, 0.4) is 0 Å². The van der Waals surface area contributed by atoms with Crippen LogP contribution in [-0.4, -0.2) is 39.5 Å². The number of anilines is 1. The van der Waals surface area contributed by atoms with Gasteiger partial charge in [0.2, 0.25) is 11.1 Å². The van der Waals surface area contributed by atoms with E-state index in [1.807, 2.05) is 6.07 Å². The van der Waals surface area contributed by atoms with E-state index in [9.17, 15) is 5.39 Å². The normalized spacial score (nSPS) is 11.8. The van der Waals surface area contributed by atoms with Crippen LogP contribution in [0.2, 0.25) is 0 Å². The Balaban J connectivity index is -0.000000625. The fraction of sp³-hybridized carbons (Fsp3) is 0.667. The summed E-state index contributed by atoms with van der Waals surface area (Å²) < 4.78 is 17.2. The zero-order chi connectivity index (χ0) is 17.2. The quantitative estimate of drug-likeness (QED) is 0.177. The molecular weight excluding hydrogens is 513 g/mol. The molecule has 0 bridgehead atoms. The molecule has 0 aliphatic carbocycles. The second kappa shape index (κ2) is 21.0. The van der Waals surface area contributed by atoms with Gasteiger partial charge in [0, 0.05) is 19.2 Å². The fourth-order valence-corrected chi connectivity index (χ4v) is 2.55. The van der Waals surface area contributed by atoms with E-state index in [4.69, 9.17) is 14.2 Å². The zero-order valence-corrected chi connectivity index (χ0v) is 23.0. The smallest absolute Gasteiger partial charge is 1.00 e. The minimum atomic E-state index is 0. The molecule has 164 valence electrons. The van der Waals surface area contributed by atoms with Crippen LogP contribution in [0.15, 0.2) is 12.1 Å². The van der Waals surface area contributed by atoms with Gasteiger partial charge < -0.3 is 68.7 Å². The van der Waals surface area contributed by atoms with Crippen molar-refractivity contribution in [3.63, 3.8) is 0 Å². The summed E-state index contributed by atoms with van der Waals surface area (Å²) in [5, 5.41) is 9.33. The molecule has 0 spiro atoms. The summed E-state index contributed by atoms with van der Waals surface area (Å²) >= 11 is 0. The van der Waals surface area contributed by atoms with Crippen LogP contribution in [0.25, 0.3) is 4.98 Å². The van der Waals surface area contributed by atoms with Gasteiger partial charge in [-0.2, -0.15) is 0 Å². The number of halogens is 4. The molecule has 6 nitrogen and oxygen atoms in total. The summed E-state index contributed by atoms with van der Waals surface area (Å²) in [7, 11) is 0. The third-order valence-electron chi connectivity index (χ3n) is 4.01. The van der Waals surface area contributed by atoms with Crippen molar-refractivity contribution in [2.45, 2.75) is 39.5 Å². The van der Waals surface area contributed by atoms with Gasteiger partial charge in [-0.05, 0) is 12.8 Å². The van der Waals surface area contributed by atoms with Crippen molar-refractivity contribution in [1.29, 1.82) is 5.39 Å². The largest absolute Gasteiger partial charge is 2.00 e. The topological polar surface area (TPSA) is 59.1 Å². The van der Waals surface area contributed by atoms with Gasteiger partial charge in [-0.1, -0.05) is 26.7 Å². The van der Waals surface area contributed by atoms with Crippen LogP contribution in [0, 0.1) is 5.39 Å². The molecule has 0 radical (unpaired) electrons. The third kappa shape index (κ3) is 11.7. The van der Waals surface area contributed by atoms with Crippen molar-refractivity contribution < 1.29 is 83.3 Å². The second-order valence-corrected chi connectivity index (χ2v) is 5.89. The predicted octanol–water partition coefficient (Wildman–Crippen LogP) is -7.62. The average molecular weight is 542 g/mol. The molecule has 0 amide bonds. The summed E-state index contributed by atoms with van der Waals surface area (Å²) in [5.41, 5.74) is 1.39. The molecule has 1 saturated heterocycles. The van der Waals surface area contributed by atoms with Gasteiger partial charge in [0.25, 0.3) is 0 Å². The molecule has 0 saturated carbocycles. The van der Waals surface area contributed by atoms with Crippen LogP contribution < -0.4 is 64.0 Å². The number of morpholine rings is 1. The monoisotopic (exact) mass is 538 g/mol. The van der Waals surface area contributed by atoms with Crippen molar-refractivity contribution in [1.82, 2.24) is 0 Å². The van der Waals surface area contributed by atoms with Crippen molar-refractivity contribution in [2.24, 2.45) is 0 Å². The van der Waals surface area contributed by atoms with Crippen LogP contribution in [-0.2, 0) is 24.2 Å². The first-order valence-corrected chi connectivity index (χ1v) is 8.91. The molecule has 1 aromatic rings. The third-order valence-corrected chi connectivity index (χ3v) is 4.01. The first kappa shape index (κ1) is 36.2. The summed E-state index contributed by atoms with van der Waals surface area (Å²) in [6, 6.07) is 3.69. The van der Waals surface area contributed by atoms with Crippen molar-refractivity contribution in [3.05, 3.63) is 17.1 Å². The van der Waals surface area contributed by atoms with Gasteiger partial charge in [0.1, 0.15) is 0 Å². The van der Waals surface area contributed by atoms with Gasteiger partial charge in [0.05, 0.1) is 38.2 Å². The first-order chi connectivity index (χ1) is 11.8. The number of ether oxygens (including phenoxy) is 3. The maximum atomic E-state index is 9.33. The van der Waals surface area contributed by atoms with Gasteiger partial charge in [-0.15, -0.1) is 0 Å². The Morgan fingerprint density at radius 1 is 0.931 bits per heavy atom. The Bertz CT molecular complexity index is 574. The Morgan fingerprint density at radius 3 is 1.93 bits per heavy atom. The molecule has 11 heteroatoms. The Morgan fingerprint density at radius 2 is 1.45 bits per heavy atom. The maximum absolute atomic E-state index is 9.33. The Labute approximate surface area is 211 Å². The van der Waals surface area contributed by atoms with E-state index in [0.717, 1.165) is 50.2 Å². The molecule has 0 unspecified atom stereocenters. The first-order valence-electron chi connectivity index (χ1n) is 8.91. The molecule has 1 aromatic carbocycles. The van der Waals surface area contributed by atoms with Crippen molar-refractivity contribution >= 4 is 11.4 Å². The number of nitrogens with zero attached hydrogens (tertiary/aromatic N) is 3. The summed E-state index contributed by atoms with van der Waals surface area (Å²) in [6.45, 7) is 8.53. The van der Waals surface area contributed by atoms with Crippen molar-refractivity contribution in [2.75, 3.05) is 44.4 Å². The van der Waals surface area contributed by atoms with Gasteiger partial charge in [0.15, 0.2) is 10.7 Å². The number of unbranched alkanes of at least 4 members (excludes halogenated alkanes) is 2. The molecule has 0 N–H and O–H groups in total. The molecule has 29 heavy (non-hydrogen) atoms. The zero-order valence-electron chi connectivity index (χ0n) is 17.0. The van der Waals surface area contributed by atoms with E-state index < -0.39 is 0 Å². The minimum absolute atomic E-state index is 0. The minimum Gasteiger partial charge on any atom is -1.00 e. The van der Waals surface area contributed by atoms with E-state index in [0.29, 0.717) is 37.9 Å². The fourth-order valence-electron chi connectivity index (χ4n) is 2.55. The van der Waals surface area contributed by atoms with Gasteiger partial charge >= 0.3 is 25.2 Å². The summed E-state index contributed by atoms with van der Waals surface area (Å²) in [6.07, 6.45) is 4.08. The summed E-state index contributed by atoms with van der Waals surface area (Å²) in [5.74, 6) is 1.33. The van der Waals surface area contributed by atoms with Crippen LogP contribution >= 0.6 is 0 Å². The molecular formula is C18H28Cl4N3O3Zn-. The molecule has 1 aliphatic heterocycles. The van der Waals surface area contributed by atoms with Crippen LogP contribution in [0.1, 0.15) is 39.5 Å². The predicted molar refractivity (Wildman–Crippen MR) is 95.0 cm³/mol. The van der Waals surface area contributed by atoms with E-state index in [1.165, 1.54) is 0 Å². The van der Waals surface area contributed by atoms with Gasteiger partial charge in [-0.25, -0.2) is 0 Å². The number of hydrogen-bond donors (Lipinski definition) is 0. The molecule has 1 fully saturated rings. The van der Waals surface area contributed by atoms with E-state index in [2.05, 4.69) is 23.7 Å². The average Bonchev–Trinajstić information content (AvgIpc) is 2.63. The number of diazo groups is 1. The Kier molecular flexibility index (Phi) is 26.2. The second-order valence-electron chi connectivity index (χ2n) is 5.89.